The van der Waals surface area contributed by atoms with E-state index in [0.717, 1.165) is 25.7 Å². The smallest absolute Gasteiger partial charge is 0.315 e. The number of carbonyl (C=O) groups is 2. The van der Waals surface area contributed by atoms with E-state index in [4.69, 9.17) is 5.11 Å². The molecule has 20 heavy (non-hydrogen) atoms. The number of carboxylic acids is 1. The molecular formula is C13H24N2O4S. The molecule has 0 saturated heterocycles. The Morgan fingerprint density at radius 2 is 1.90 bits per heavy atom. The summed E-state index contributed by atoms with van der Waals surface area (Å²) in [7, 11) is 0. The van der Waals surface area contributed by atoms with E-state index in [1.54, 1.807) is 0 Å². The van der Waals surface area contributed by atoms with Crippen LogP contribution in [0.5, 0.6) is 0 Å². The van der Waals surface area contributed by atoms with Gasteiger partial charge in [-0.1, -0.05) is 0 Å². The van der Waals surface area contributed by atoms with Crippen LogP contribution in [0.2, 0.25) is 0 Å². The van der Waals surface area contributed by atoms with Crippen LogP contribution in [0.3, 0.4) is 0 Å². The van der Waals surface area contributed by atoms with Gasteiger partial charge in [-0.25, -0.2) is 4.79 Å². The van der Waals surface area contributed by atoms with E-state index in [0.29, 0.717) is 5.25 Å². The summed E-state index contributed by atoms with van der Waals surface area (Å²) >= 11 is 1.87. The van der Waals surface area contributed by atoms with E-state index in [1.807, 2.05) is 11.8 Å². The van der Waals surface area contributed by atoms with Crippen LogP contribution in [-0.4, -0.2) is 51.9 Å². The van der Waals surface area contributed by atoms with Gasteiger partial charge in [0.2, 0.25) is 0 Å². The van der Waals surface area contributed by atoms with Crippen LogP contribution in [0, 0.1) is 0 Å². The Morgan fingerprint density at radius 1 is 1.30 bits per heavy atom. The molecule has 0 aromatic rings. The quantitative estimate of drug-likeness (QED) is 0.591. The summed E-state index contributed by atoms with van der Waals surface area (Å²) in [6.07, 6.45) is 5.84. The molecule has 0 heterocycles. The minimum absolute atomic E-state index is 0.0781. The lowest BCUT2D eigenvalue weighted by atomic mass is 9.95. The summed E-state index contributed by atoms with van der Waals surface area (Å²) in [5.41, 5.74) is -1.43. The van der Waals surface area contributed by atoms with Crippen LogP contribution < -0.4 is 10.6 Å². The van der Waals surface area contributed by atoms with Crippen molar-refractivity contribution in [3.8, 4) is 0 Å². The average molecular weight is 304 g/mol. The maximum absolute atomic E-state index is 11.7. The second-order valence-electron chi connectivity index (χ2n) is 5.60. The third-order valence-corrected chi connectivity index (χ3v) is 4.64. The van der Waals surface area contributed by atoms with Gasteiger partial charge in [-0.05, 0) is 38.9 Å². The number of hydrogen-bond donors (Lipinski definition) is 4. The van der Waals surface area contributed by atoms with E-state index in [9.17, 15) is 14.7 Å². The van der Waals surface area contributed by atoms with Gasteiger partial charge in [0.1, 0.15) is 0 Å². The SMILES string of the molecule is CSC1CCC(NC(=O)NCC(C)(O)CC(=O)O)CC1. The van der Waals surface area contributed by atoms with Crippen molar-refractivity contribution < 1.29 is 19.8 Å². The first kappa shape index (κ1) is 17.1. The van der Waals surface area contributed by atoms with Gasteiger partial charge in [-0.15, -0.1) is 0 Å². The van der Waals surface area contributed by atoms with Gasteiger partial charge in [-0.2, -0.15) is 11.8 Å². The summed E-state index contributed by atoms with van der Waals surface area (Å²) < 4.78 is 0. The van der Waals surface area contributed by atoms with Crippen molar-refractivity contribution >= 4 is 23.8 Å². The molecule has 1 saturated carbocycles. The molecule has 0 aliphatic heterocycles. The van der Waals surface area contributed by atoms with Crippen molar-refractivity contribution in [2.24, 2.45) is 0 Å². The first-order valence-corrected chi connectivity index (χ1v) is 8.12. The molecule has 0 bridgehead atoms. The summed E-state index contributed by atoms with van der Waals surface area (Å²) in [5, 5.41) is 24.5. The van der Waals surface area contributed by atoms with Gasteiger partial charge in [0, 0.05) is 17.8 Å². The second-order valence-corrected chi connectivity index (χ2v) is 6.74. The molecule has 7 heteroatoms. The molecule has 1 unspecified atom stereocenters. The Bertz CT molecular complexity index is 341. The molecule has 6 nitrogen and oxygen atoms in total. The van der Waals surface area contributed by atoms with Gasteiger partial charge in [-0.3, -0.25) is 4.79 Å². The van der Waals surface area contributed by atoms with Gasteiger partial charge < -0.3 is 20.8 Å². The van der Waals surface area contributed by atoms with E-state index in [2.05, 4.69) is 16.9 Å². The monoisotopic (exact) mass is 304 g/mol. The molecule has 4 N–H and O–H groups in total. The number of aliphatic carboxylic acids is 1. The summed E-state index contributed by atoms with van der Waals surface area (Å²) in [4.78, 5) is 22.3. The first-order chi connectivity index (χ1) is 9.32. The second kappa shape index (κ2) is 7.73. The molecule has 1 atom stereocenters. The molecule has 1 fully saturated rings. The molecule has 2 amide bonds. The summed E-state index contributed by atoms with van der Waals surface area (Å²) in [6.45, 7) is 1.32. The van der Waals surface area contributed by atoms with E-state index < -0.39 is 18.0 Å². The molecule has 116 valence electrons. The molecule has 1 rings (SSSR count). The number of rotatable bonds is 6. The van der Waals surface area contributed by atoms with Crippen molar-refractivity contribution in [1.29, 1.82) is 0 Å². The fourth-order valence-electron chi connectivity index (χ4n) is 2.34. The average Bonchev–Trinajstić information content (AvgIpc) is 2.36. The predicted molar refractivity (Wildman–Crippen MR) is 79.0 cm³/mol. The maximum atomic E-state index is 11.7. The van der Waals surface area contributed by atoms with Gasteiger partial charge >= 0.3 is 12.0 Å². The van der Waals surface area contributed by atoms with E-state index in [-0.39, 0.29) is 18.6 Å². The van der Waals surface area contributed by atoms with Gasteiger partial charge in [0.05, 0.1) is 12.0 Å². The van der Waals surface area contributed by atoms with Crippen LogP contribution in [0.25, 0.3) is 0 Å². The summed E-state index contributed by atoms with van der Waals surface area (Å²) in [5.74, 6) is -1.09. The molecule has 1 aliphatic carbocycles. The Kier molecular flexibility index (Phi) is 6.61. The normalized spacial score (nSPS) is 25.6. The highest BCUT2D eigenvalue weighted by Crippen LogP contribution is 2.26. The largest absolute Gasteiger partial charge is 0.481 e. The number of thioether (sulfide) groups is 1. The van der Waals surface area contributed by atoms with E-state index >= 15 is 0 Å². The molecular weight excluding hydrogens is 280 g/mol. The first-order valence-electron chi connectivity index (χ1n) is 6.84. The third-order valence-electron chi connectivity index (χ3n) is 3.50. The maximum Gasteiger partial charge on any atom is 0.315 e. The molecule has 0 aromatic heterocycles. The zero-order chi connectivity index (χ0) is 15.2. The lowest BCUT2D eigenvalue weighted by molar-refractivity contribution is -0.141. The van der Waals surface area contributed by atoms with Crippen LogP contribution in [0.15, 0.2) is 0 Å². The highest BCUT2D eigenvalue weighted by molar-refractivity contribution is 7.99. The molecule has 0 aromatic carbocycles. The lowest BCUT2D eigenvalue weighted by Gasteiger charge is -2.28. The number of carboxylic acid groups (broad SMARTS) is 1. The van der Waals surface area contributed by atoms with Crippen LogP contribution in [-0.2, 0) is 4.79 Å². The van der Waals surface area contributed by atoms with Crippen LogP contribution in [0.4, 0.5) is 4.79 Å². The highest BCUT2D eigenvalue weighted by Gasteiger charge is 2.26. The number of carbonyl (C=O) groups excluding carboxylic acids is 1. The number of aliphatic hydroxyl groups is 1. The number of hydrogen-bond acceptors (Lipinski definition) is 4. The summed E-state index contributed by atoms with van der Waals surface area (Å²) in [6, 6.07) is -0.175. The number of urea groups is 1. The minimum Gasteiger partial charge on any atom is -0.481 e. The van der Waals surface area contributed by atoms with Crippen LogP contribution >= 0.6 is 11.8 Å². The third kappa shape index (κ3) is 6.47. The molecule has 0 radical (unpaired) electrons. The molecule has 1 aliphatic rings. The van der Waals surface area contributed by atoms with Crippen molar-refractivity contribution in [2.45, 2.75) is 55.9 Å². The minimum atomic E-state index is -1.43. The van der Waals surface area contributed by atoms with Crippen molar-refractivity contribution in [3.63, 3.8) is 0 Å². The highest BCUT2D eigenvalue weighted by atomic mass is 32.2. The van der Waals surface area contributed by atoms with Gasteiger partial charge in [0.15, 0.2) is 0 Å². The Balaban J connectivity index is 2.25. The van der Waals surface area contributed by atoms with Crippen molar-refractivity contribution in [2.75, 3.05) is 12.8 Å². The van der Waals surface area contributed by atoms with Crippen molar-refractivity contribution in [1.82, 2.24) is 10.6 Å². The number of nitrogens with one attached hydrogen (secondary N) is 2. The molecule has 0 spiro atoms. The lowest BCUT2D eigenvalue weighted by Crippen LogP contribution is -2.49. The predicted octanol–water partition coefficient (Wildman–Crippen LogP) is 1.19. The Hall–Kier alpha value is -0.950. The zero-order valence-corrected chi connectivity index (χ0v) is 12.8. The Labute approximate surface area is 123 Å². The fourth-order valence-corrected chi connectivity index (χ4v) is 3.08. The Morgan fingerprint density at radius 3 is 2.40 bits per heavy atom. The fraction of sp³-hybridized carbons (Fsp3) is 0.846. The zero-order valence-electron chi connectivity index (χ0n) is 12.0. The van der Waals surface area contributed by atoms with Crippen molar-refractivity contribution in [3.05, 3.63) is 0 Å². The topological polar surface area (TPSA) is 98.7 Å². The van der Waals surface area contributed by atoms with Crippen LogP contribution in [0.1, 0.15) is 39.0 Å². The number of amides is 2. The van der Waals surface area contributed by atoms with Gasteiger partial charge in [0.25, 0.3) is 0 Å². The van der Waals surface area contributed by atoms with E-state index in [1.165, 1.54) is 6.92 Å². The standard InChI is InChI=1S/C13H24N2O4S/c1-13(19,7-11(16)17)8-14-12(18)15-9-3-5-10(20-2)6-4-9/h9-10,19H,3-8H2,1-2H3,(H,16,17)(H2,14,15,18).